The zero-order valence-corrected chi connectivity index (χ0v) is 17.5. The van der Waals surface area contributed by atoms with Gasteiger partial charge in [-0.2, -0.15) is 0 Å². The number of benzene rings is 2. The molecule has 148 valence electrons. The molecule has 0 amide bonds. The van der Waals surface area contributed by atoms with Crippen molar-refractivity contribution in [2.45, 2.75) is 19.8 Å². The van der Waals surface area contributed by atoms with Crippen LogP contribution in [0.3, 0.4) is 0 Å². The first-order chi connectivity index (χ1) is 14.0. The molecular formula is C22H21N3O3S. The van der Waals surface area contributed by atoms with Crippen LogP contribution in [-0.4, -0.2) is 28.8 Å². The molecule has 29 heavy (non-hydrogen) atoms. The molecule has 2 heterocycles. The third-order valence-electron chi connectivity index (χ3n) is 4.79. The van der Waals surface area contributed by atoms with E-state index < -0.39 is 0 Å². The Labute approximate surface area is 172 Å². The summed E-state index contributed by atoms with van der Waals surface area (Å²) in [4.78, 5) is 13.6. The molecule has 0 bridgehead atoms. The Kier molecular flexibility index (Phi) is 5.07. The van der Waals surface area contributed by atoms with Crippen molar-refractivity contribution in [1.29, 1.82) is 0 Å². The van der Waals surface area contributed by atoms with E-state index >= 15 is 0 Å². The van der Waals surface area contributed by atoms with Crippen LogP contribution in [-0.2, 0) is 0 Å². The summed E-state index contributed by atoms with van der Waals surface area (Å²) in [5, 5.41) is 8.40. The summed E-state index contributed by atoms with van der Waals surface area (Å²) in [5.41, 5.74) is 2.85. The van der Waals surface area contributed by atoms with Crippen LogP contribution < -0.4 is 19.6 Å². The van der Waals surface area contributed by atoms with Crippen molar-refractivity contribution >= 4 is 22.4 Å². The lowest BCUT2D eigenvalue weighted by Crippen LogP contribution is -2.23. The maximum atomic E-state index is 13.0. The van der Waals surface area contributed by atoms with Gasteiger partial charge in [-0.3, -0.25) is 4.79 Å². The van der Waals surface area contributed by atoms with Crippen LogP contribution in [0.1, 0.15) is 30.9 Å². The maximum absolute atomic E-state index is 13.0. The highest BCUT2D eigenvalue weighted by atomic mass is 32.1. The van der Waals surface area contributed by atoms with Crippen molar-refractivity contribution in [3.05, 3.63) is 68.5 Å². The van der Waals surface area contributed by atoms with Crippen molar-refractivity contribution in [2.75, 3.05) is 14.2 Å². The number of aromatic nitrogens is 3. The molecule has 2 aromatic carbocycles. The smallest absolute Gasteiger partial charge is 0.276 e. The first-order valence-corrected chi connectivity index (χ1v) is 10.1. The van der Waals surface area contributed by atoms with E-state index in [1.165, 1.54) is 16.9 Å². The molecule has 0 aliphatic rings. The van der Waals surface area contributed by atoms with Crippen molar-refractivity contribution in [1.82, 2.24) is 14.6 Å². The van der Waals surface area contributed by atoms with E-state index in [0.717, 1.165) is 11.1 Å². The maximum Gasteiger partial charge on any atom is 0.276 e. The molecule has 2 aromatic heterocycles. The van der Waals surface area contributed by atoms with Crippen LogP contribution in [0.4, 0.5) is 0 Å². The summed E-state index contributed by atoms with van der Waals surface area (Å²) >= 11 is 1.33. The van der Waals surface area contributed by atoms with E-state index in [2.05, 4.69) is 36.2 Å². The number of hydrogen-bond donors (Lipinski definition) is 0. The molecular weight excluding hydrogens is 386 g/mol. The molecule has 6 nitrogen and oxygen atoms in total. The van der Waals surface area contributed by atoms with E-state index in [0.29, 0.717) is 32.7 Å². The third-order valence-corrected chi connectivity index (χ3v) is 5.75. The third kappa shape index (κ3) is 3.49. The van der Waals surface area contributed by atoms with Crippen LogP contribution in [0, 0.1) is 0 Å². The Morgan fingerprint density at radius 2 is 1.72 bits per heavy atom. The van der Waals surface area contributed by atoms with Gasteiger partial charge in [-0.25, -0.2) is 4.40 Å². The van der Waals surface area contributed by atoms with E-state index in [-0.39, 0.29) is 5.56 Å². The zero-order chi connectivity index (χ0) is 20.5. The second kappa shape index (κ2) is 7.67. The van der Waals surface area contributed by atoms with Gasteiger partial charge in [0, 0.05) is 5.56 Å². The van der Waals surface area contributed by atoms with Crippen molar-refractivity contribution < 1.29 is 9.47 Å². The molecule has 7 heteroatoms. The van der Waals surface area contributed by atoms with Crippen LogP contribution >= 0.6 is 11.3 Å². The molecule has 0 fully saturated rings. The molecule has 0 radical (unpaired) electrons. The summed E-state index contributed by atoms with van der Waals surface area (Å²) in [6.45, 7) is 4.32. The quantitative estimate of drug-likeness (QED) is 0.507. The molecule has 0 saturated carbocycles. The van der Waals surface area contributed by atoms with Gasteiger partial charge >= 0.3 is 0 Å². The Morgan fingerprint density at radius 1 is 1.00 bits per heavy atom. The molecule has 4 rings (SSSR count). The highest BCUT2D eigenvalue weighted by Crippen LogP contribution is 2.31. The predicted octanol–water partition coefficient (Wildman–Crippen LogP) is 3.51. The lowest BCUT2D eigenvalue weighted by atomic mass is 10.0. The summed E-state index contributed by atoms with van der Waals surface area (Å²) < 4.78 is 12.8. The Balaban J connectivity index is 1.80. The van der Waals surface area contributed by atoms with Gasteiger partial charge in [-0.1, -0.05) is 49.4 Å². The van der Waals surface area contributed by atoms with Crippen molar-refractivity contribution in [3.63, 3.8) is 0 Å². The molecule has 4 aromatic rings. The number of thiazole rings is 1. The van der Waals surface area contributed by atoms with Crippen LogP contribution in [0.25, 0.3) is 22.4 Å². The number of ether oxygens (including phenoxy) is 2. The van der Waals surface area contributed by atoms with Gasteiger partial charge in [-0.15, -0.1) is 10.2 Å². The predicted molar refractivity (Wildman–Crippen MR) is 115 cm³/mol. The Hall–Kier alpha value is -3.19. The van der Waals surface area contributed by atoms with Crippen LogP contribution in [0.5, 0.6) is 11.5 Å². The standard InChI is InChI=1S/C22H21N3O3S/c1-13(2)15-7-5-14(6-8-15)11-19-21(26)25-20(23-24-22(25)29-19)16-9-10-17(27-3)18(12-16)28-4/h5-13H,1-4H3/b19-11+. The van der Waals surface area contributed by atoms with Gasteiger partial charge in [0.25, 0.3) is 5.56 Å². The minimum atomic E-state index is -0.132. The molecule has 0 aliphatic carbocycles. The molecule has 0 N–H and O–H groups in total. The topological polar surface area (TPSA) is 65.7 Å². The number of rotatable bonds is 5. The second-order valence-electron chi connectivity index (χ2n) is 6.95. The summed E-state index contributed by atoms with van der Waals surface area (Å²) in [7, 11) is 3.15. The largest absolute Gasteiger partial charge is 0.493 e. The number of fused-ring (bicyclic) bond motifs is 1. The lowest BCUT2D eigenvalue weighted by molar-refractivity contribution is 0.355. The number of nitrogens with zero attached hydrogens (tertiary/aromatic N) is 3. The van der Waals surface area contributed by atoms with Crippen LogP contribution in [0.15, 0.2) is 47.3 Å². The van der Waals surface area contributed by atoms with Crippen molar-refractivity contribution in [2.24, 2.45) is 0 Å². The number of hydrogen-bond acceptors (Lipinski definition) is 6. The van der Waals surface area contributed by atoms with Gasteiger partial charge in [0.15, 0.2) is 17.3 Å². The van der Waals surface area contributed by atoms with E-state index in [1.807, 2.05) is 24.3 Å². The fraction of sp³-hybridized carbons (Fsp3) is 0.227. The van der Waals surface area contributed by atoms with E-state index in [9.17, 15) is 4.79 Å². The molecule has 0 atom stereocenters. The summed E-state index contributed by atoms with van der Waals surface area (Å²) in [5.74, 6) is 2.14. The monoisotopic (exact) mass is 407 g/mol. The highest BCUT2D eigenvalue weighted by molar-refractivity contribution is 7.15. The molecule has 0 saturated heterocycles. The number of methoxy groups -OCH3 is 2. The molecule has 0 unspecified atom stereocenters. The first kappa shape index (κ1) is 19.1. The highest BCUT2D eigenvalue weighted by Gasteiger charge is 2.16. The van der Waals surface area contributed by atoms with E-state index in [4.69, 9.17) is 9.47 Å². The fourth-order valence-electron chi connectivity index (χ4n) is 3.15. The van der Waals surface area contributed by atoms with E-state index in [1.54, 1.807) is 30.8 Å². The SMILES string of the molecule is COc1ccc(-c2nnc3s/c(=C/c4ccc(C(C)C)cc4)c(=O)n23)cc1OC. The van der Waals surface area contributed by atoms with Crippen molar-refractivity contribution in [3.8, 4) is 22.9 Å². The Morgan fingerprint density at radius 3 is 2.38 bits per heavy atom. The van der Waals surface area contributed by atoms with Gasteiger partial charge < -0.3 is 9.47 Å². The second-order valence-corrected chi connectivity index (χ2v) is 7.96. The fourth-order valence-corrected chi connectivity index (χ4v) is 4.07. The normalized spacial score (nSPS) is 12.1. The lowest BCUT2D eigenvalue weighted by Gasteiger charge is -2.08. The minimum absolute atomic E-state index is 0.132. The average Bonchev–Trinajstić information content (AvgIpc) is 3.28. The van der Waals surface area contributed by atoms with Gasteiger partial charge in [0.2, 0.25) is 4.96 Å². The van der Waals surface area contributed by atoms with Gasteiger partial charge in [0.1, 0.15) is 0 Å². The Bertz CT molecular complexity index is 1270. The minimum Gasteiger partial charge on any atom is -0.493 e. The molecule has 0 aliphatic heterocycles. The molecule has 0 spiro atoms. The van der Waals surface area contributed by atoms with Crippen LogP contribution in [0.2, 0.25) is 0 Å². The average molecular weight is 407 g/mol. The first-order valence-electron chi connectivity index (χ1n) is 9.24. The van der Waals surface area contributed by atoms with Gasteiger partial charge in [0.05, 0.1) is 18.8 Å². The zero-order valence-electron chi connectivity index (χ0n) is 16.7. The summed E-state index contributed by atoms with van der Waals surface area (Å²) in [6, 6.07) is 13.7. The van der Waals surface area contributed by atoms with Gasteiger partial charge in [-0.05, 0) is 41.3 Å². The summed E-state index contributed by atoms with van der Waals surface area (Å²) in [6.07, 6.45) is 1.89.